The van der Waals surface area contributed by atoms with Crippen molar-refractivity contribution in [2.45, 2.75) is 38.1 Å². The number of rotatable bonds is 5. The first kappa shape index (κ1) is 19.9. The summed E-state index contributed by atoms with van der Waals surface area (Å²) in [4.78, 5) is 12.1. The van der Waals surface area contributed by atoms with Gasteiger partial charge in [0.1, 0.15) is 5.82 Å². The van der Waals surface area contributed by atoms with Crippen LogP contribution in [0.15, 0.2) is 53.6 Å². The topological polar surface area (TPSA) is 65.5 Å². The van der Waals surface area contributed by atoms with Gasteiger partial charge in [-0.3, -0.25) is 4.79 Å². The molecular formula is C21H23FN4OS. The predicted molar refractivity (Wildman–Crippen MR) is 114 cm³/mol. The number of thiocarbonyl (C=S) groups is 1. The van der Waals surface area contributed by atoms with Crippen LogP contribution in [-0.4, -0.2) is 23.3 Å². The molecule has 0 atom stereocenters. The fraction of sp³-hybridized carbons (Fsp3) is 0.286. The van der Waals surface area contributed by atoms with E-state index in [0.717, 1.165) is 18.5 Å². The van der Waals surface area contributed by atoms with Gasteiger partial charge in [-0.15, -0.1) is 0 Å². The van der Waals surface area contributed by atoms with Gasteiger partial charge in [0, 0.05) is 17.3 Å². The smallest absolute Gasteiger partial charge is 0.271 e. The minimum atomic E-state index is -0.326. The maximum atomic E-state index is 12.9. The van der Waals surface area contributed by atoms with Crippen molar-refractivity contribution in [2.24, 2.45) is 5.10 Å². The summed E-state index contributed by atoms with van der Waals surface area (Å²) in [6, 6.07) is 13.3. The molecule has 5 nitrogen and oxygen atoms in total. The van der Waals surface area contributed by atoms with Gasteiger partial charge >= 0.3 is 0 Å². The Hall–Kier alpha value is -2.80. The molecule has 3 N–H and O–H groups in total. The normalized spacial score (nSPS) is 14.6. The van der Waals surface area contributed by atoms with E-state index in [1.165, 1.54) is 37.6 Å². The molecule has 1 fully saturated rings. The molecule has 28 heavy (non-hydrogen) atoms. The lowest BCUT2D eigenvalue weighted by molar-refractivity contribution is 0.0955. The van der Waals surface area contributed by atoms with Crippen molar-refractivity contribution in [1.29, 1.82) is 0 Å². The second-order valence-electron chi connectivity index (χ2n) is 6.76. The standard InChI is InChI=1S/C21H23FN4OS/c22-17-10-6-15(7-11-17)14-23-26-20(27)16-8-12-19(13-9-16)25-21(28)24-18-4-2-1-3-5-18/h6-14,18H,1-5H2,(H,26,27)(H2,24,25,28). The second-order valence-corrected chi connectivity index (χ2v) is 7.17. The number of hydrazone groups is 1. The first-order valence-electron chi connectivity index (χ1n) is 9.37. The lowest BCUT2D eigenvalue weighted by Gasteiger charge is -2.24. The molecule has 0 aliphatic heterocycles. The third-order valence-electron chi connectivity index (χ3n) is 4.60. The van der Waals surface area contributed by atoms with Gasteiger partial charge in [0.15, 0.2) is 5.11 Å². The highest BCUT2D eigenvalue weighted by Crippen LogP contribution is 2.17. The molecule has 1 amide bonds. The molecule has 3 rings (SSSR count). The second kappa shape index (κ2) is 9.94. The highest BCUT2D eigenvalue weighted by molar-refractivity contribution is 7.80. The molecule has 0 heterocycles. The number of hydrogen-bond donors (Lipinski definition) is 3. The Labute approximate surface area is 169 Å². The molecule has 2 aromatic carbocycles. The van der Waals surface area contributed by atoms with Crippen LogP contribution < -0.4 is 16.1 Å². The number of carbonyl (C=O) groups is 1. The van der Waals surface area contributed by atoms with Gasteiger partial charge in [-0.2, -0.15) is 5.10 Å². The van der Waals surface area contributed by atoms with E-state index in [1.54, 1.807) is 36.4 Å². The Morgan fingerprint density at radius 2 is 1.71 bits per heavy atom. The number of carbonyl (C=O) groups excluding carboxylic acids is 1. The molecule has 146 valence electrons. The zero-order valence-corrected chi connectivity index (χ0v) is 16.3. The van der Waals surface area contributed by atoms with E-state index in [2.05, 4.69) is 21.2 Å². The van der Waals surface area contributed by atoms with E-state index < -0.39 is 0 Å². The van der Waals surface area contributed by atoms with Gasteiger partial charge in [-0.1, -0.05) is 31.4 Å². The highest BCUT2D eigenvalue weighted by atomic mass is 32.1. The van der Waals surface area contributed by atoms with Gasteiger partial charge in [0.2, 0.25) is 0 Å². The van der Waals surface area contributed by atoms with Crippen LogP contribution in [0.3, 0.4) is 0 Å². The van der Waals surface area contributed by atoms with Gasteiger partial charge in [-0.25, -0.2) is 9.82 Å². The summed E-state index contributed by atoms with van der Waals surface area (Å²) in [5, 5.41) is 11.0. The van der Waals surface area contributed by atoms with E-state index in [-0.39, 0.29) is 11.7 Å². The van der Waals surface area contributed by atoms with Gasteiger partial charge in [0.25, 0.3) is 5.91 Å². The van der Waals surface area contributed by atoms with E-state index in [9.17, 15) is 9.18 Å². The Morgan fingerprint density at radius 1 is 1.04 bits per heavy atom. The van der Waals surface area contributed by atoms with Crippen molar-refractivity contribution in [3.8, 4) is 0 Å². The lowest BCUT2D eigenvalue weighted by atomic mass is 9.96. The van der Waals surface area contributed by atoms with Crippen LogP contribution in [0.4, 0.5) is 10.1 Å². The average Bonchev–Trinajstić information content (AvgIpc) is 2.70. The van der Waals surface area contributed by atoms with E-state index in [1.807, 2.05) is 0 Å². The number of nitrogens with one attached hydrogen (secondary N) is 3. The lowest BCUT2D eigenvalue weighted by Crippen LogP contribution is -2.38. The van der Waals surface area contributed by atoms with Crippen LogP contribution in [0.5, 0.6) is 0 Å². The number of hydrogen-bond acceptors (Lipinski definition) is 3. The maximum Gasteiger partial charge on any atom is 0.271 e. The van der Waals surface area contributed by atoms with Crippen LogP contribution in [0.2, 0.25) is 0 Å². The fourth-order valence-corrected chi connectivity index (χ4v) is 3.37. The number of amides is 1. The third kappa shape index (κ3) is 6.13. The van der Waals surface area contributed by atoms with Gasteiger partial charge in [-0.05, 0) is 67.0 Å². The molecule has 0 unspecified atom stereocenters. The van der Waals surface area contributed by atoms with Crippen molar-refractivity contribution in [3.63, 3.8) is 0 Å². The Kier molecular flexibility index (Phi) is 7.08. The van der Waals surface area contributed by atoms with Crippen LogP contribution in [0.25, 0.3) is 0 Å². The third-order valence-corrected chi connectivity index (χ3v) is 4.81. The average molecular weight is 399 g/mol. The van der Waals surface area contributed by atoms with Crippen molar-refractivity contribution >= 4 is 35.1 Å². The van der Waals surface area contributed by atoms with Crippen molar-refractivity contribution in [1.82, 2.24) is 10.7 Å². The predicted octanol–water partition coefficient (Wildman–Crippen LogP) is 4.21. The molecule has 0 aromatic heterocycles. The fourth-order valence-electron chi connectivity index (χ4n) is 3.08. The SMILES string of the molecule is O=C(NN=Cc1ccc(F)cc1)c1ccc(NC(=S)NC2CCCCC2)cc1. The molecular weight excluding hydrogens is 375 g/mol. The minimum absolute atomic E-state index is 0.316. The molecule has 0 spiro atoms. The van der Waals surface area contributed by atoms with Gasteiger partial charge in [0.05, 0.1) is 6.21 Å². The van der Waals surface area contributed by atoms with E-state index in [4.69, 9.17) is 12.2 Å². The summed E-state index contributed by atoms with van der Waals surface area (Å²) in [5.74, 6) is -0.642. The highest BCUT2D eigenvalue weighted by Gasteiger charge is 2.14. The Balaban J connectivity index is 1.48. The van der Waals surface area contributed by atoms with Crippen molar-refractivity contribution < 1.29 is 9.18 Å². The van der Waals surface area contributed by atoms with Gasteiger partial charge < -0.3 is 10.6 Å². The largest absolute Gasteiger partial charge is 0.360 e. The number of anilines is 1. The summed E-state index contributed by atoms with van der Waals surface area (Å²) >= 11 is 5.37. The minimum Gasteiger partial charge on any atom is -0.360 e. The molecule has 0 bridgehead atoms. The molecule has 1 aliphatic rings. The van der Waals surface area contributed by atoms with E-state index >= 15 is 0 Å². The van der Waals surface area contributed by atoms with Crippen LogP contribution in [0.1, 0.15) is 48.0 Å². The van der Waals surface area contributed by atoms with Crippen molar-refractivity contribution in [2.75, 3.05) is 5.32 Å². The Morgan fingerprint density at radius 3 is 2.39 bits per heavy atom. The van der Waals surface area contributed by atoms with E-state index in [0.29, 0.717) is 22.3 Å². The summed E-state index contributed by atoms with van der Waals surface area (Å²) in [6.07, 6.45) is 7.55. The summed E-state index contributed by atoms with van der Waals surface area (Å²) < 4.78 is 12.9. The first-order valence-corrected chi connectivity index (χ1v) is 9.77. The zero-order chi connectivity index (χ0) is 19.8. The molecule has 7 heteroatoms. The molecule has 2 aromatic rings. The zero-order valence-electron chi connectivity index (χ0n) is 15.5. The number of benzene rings is 2. The molecule has 1 aliphatic carbocycles. The van der Waals surface area contributed by atoms with Crippen LogP contribution in [0, 0.1) is 5.82 Å². The number of halogens is 1. The summed E-state index contributed by atoms with van der Waals surface area (Å²) in [6.45, 7) is 0. The van der Waals surface area contributed by atoms with Crippen molar-refractivity contribution in [3.05, 3.63) is 65.5 Å². The quantitative estimate of drug-likeness (QED) is 0.401. The summed E-state index contributed by atoms with van der Waals surface area (Å²) in [5.41, 5.74) is 4.45. The first-order chi connectivity index (χ1) is 13.6. The molecule has 0 radical (unpaired) electrons. The Bertz CT molecular complexity index is 830. The number of nitrogens with zero attached hydrogens (tertiary/aromatic N) is 1. The summed E-state index contributed by atoms with van der Waals surface area (Å²) in [7, 11) is 0. The maximum absolute atomic E-state index is 12.9. The molecule has 0 saturated heterocycles. The van der Waals surface area contributed by atoms with Crippen LogP contribution >= 0.6 is 12.2 Å². The van der Waals surface area contributed by atoms with Crippen LogP contribution in [-0.2, 0) is 0 Å². The molecule has 1 saturated carbocycles. The monoisotopic (exact) mass is 398 g/mol.